The minimum absolute atomic E-state index is 0.0950. The van der Waals surface area contributed by atoms with E-state index in [0.717, 1.165) is 5.56 Å². The number of carbonyl (C=O) groups excluding carboxylic acids is 2. The Morgan fingerprint density at radius 2 is 2.06 bits per heavy atom. The van der Waals surface area contributed by atoms with Crippen molar-refractivity contribution in [3.05, 3.63) is 35.9 Å². The van der Waals surface area contributed by atoms with Crippen LogP contribution >= 0.6 is 11.8 Å². The Labute approximate surface area is 104 Å². The van der Waals surface area contributed by atoms with Crippen LogP contribution in [0.2, 0.25) is 0 Å². The molecule has 1 aliphatic heterocycles. The highest BCUT2D eigenvalue weighted by Crippen LogP contribution is 2.27. The molecule has 0 aromatic heterocycles. The lowest BCUT2D eigenvalue weighted by molar-refractivity contribution is -0.843. The maximum atomic E-state index is 12.0. The second kappa shape index (κ2) is 4.89. The first-order chi connectivity index (χ1) is 8.12. The molecule has 1 atom stereocenters. The Bertz CT molecular complexity index is 435. The fourth-order valence-corrected chi connectivity index (χ4v) is 3.29. The second-order valence-electron chi connectivity index (χ2n) is 4.28. The number of rotatable bonds is 4. The minimum atomic E-state index is -0.420. The quantitative estimate of drug-likeness (QED) is 0.802. The van der Waals surface area contributed by atoms with Gasteiger partial charge in [0.25, 0.3) is 5.91 Å². The molecule has 0 saturated carbocycles. The van der Waals surface area contributed by atoms with Crippen LogP contribution in [0.1, 0.15) is 5.56 Å². The molecule has 90 valence electrons. The van der Waals surface area contributed by atoms with Crippen LogP contribution < -0.4 is 5.73 Å². The zero-order valence-corrected chi connectivity index (χ0v) is 10.3. The number of amides is 2. The molecule has 2 amide bonds. The van der Waals surface area contributed by atoms with E-state index in [2.05, 4.69) is 0 Å². The number of hydrogen-bond donors (Lipinski definition) is 1. The van der Waals surface area contributed by atoms with Crippen molar-refractivity contribution in [2.45, 2.75) is 6.54 Å². The van der Waals surface area contributed by atoms with Crippen molar-refractivity contribution in [2.24, 2.45) is 5.73 Å². The predicted octanol–water partition coefficient (Wildman–Crippen LogP) is 0.720. The van der Waals surface area contributed by atoms with E-state index in [1.807, 2.05) is 30.3 Å². The summed E-state index contributed by atoms with van der Waals surface area (Å²) < 4.78 is 0.157. The molecule has 0 bridgehead atoms. The fraction of sp³-hybridized carbons (Fsp3) is 0.333. The van der Waals surface area contributed by atoms with Gasteiger partial charge in [0.2, 0.25) is 0 Å². The summed E-state index contributed by atoms with van der Waals surface area (Å²) in [6, 6.07) is 9.74. The minimum Gasteiger partial charge on any atom is -0.365 e. The second-order valence-corrected chi connectivity index (χ2v) is 5.24. The number of quaternary nitrogens is 1. The average Bonchev–Trinajstić information content (AvgIpc) is 2.61. The average molecular weight is 251 g/mol. The summed E-state index contributed by atoms with van der Waals surface area (Å²) in [4.78, 5) is 23.1. The zero-order chi connectivity index (χ0) is 12.3. The molecule has 1 aromatic rings. The van der Waals surface area contributed by atoms with Gasteiger partial charge in [-0.2, -0.15) is 0 Å². The van der Waals surface area contributed by atoms with Gasteiger partial charge in [-0.05, 0) is 0 Å². The Hall–Kier alpha value is -1.33. The standard InChI is InChI=1S/C12H14N2O2S/c13-11(15)7-14(9-17-8-12(14)16)6-10-4-2-1-3-5-10/h1-5H,6-9H2,(H-,13,15)/p+1. The first-order valence-electron chi connectivity index (χ1n) is 5.42. The van der Waals surface area contributed by atoms with Crippen molar-refractivity contribution in [1.82, 2.24) is 0 Å². The first-order valence-corrected chi connectivity index (χ1v) is 6.57. The highest BCUT2D eigenvalue weighted by molar-refractivity contribution is 8.00. The largest absolute Gasteiger partial charge is 0.365 e. The lowest BCUT2D eigenvalue weighted by atomic mass is 10.2. The van der Waals surface area contributed by atoms with Gasteiger partial charge in [-0.25, -0.2) is 9.28 Å². The number of carbonyl (C=O) groups is 2. The predicted molar refractivity (Wildman–Crippen MR) is 66.8 cm³/mol. The van der Waals surface area contributed by atoms with E-state index >= 15 is 0 Å². The number of thioether (sulfide) groups is 1. The third-order valence-electron chi connectivity index (χ3n) is 2.88. The Balaban J connectivity index is 2.22. The normalized spacial score (nSPS) is 23.9. The lowest BCUT2D eigenvalue weighted by Crippen LogP contribution is -2.53. The van der Waals surface area contributed by atoms with Crippen LogP contribution in [-0.4, -0.2) is 34.5 Å². The highest BCUT2D eigenvalue weighted by atomic mass is 32.2. The van der Waals surface area contributed by atoms with Gasteiger partial charge in [0, 0.05) is 5.56 Å². The highest BCUT2D eigenvalue weighted by Gasteiger charge is 2.43. The smallest absolute Gasteiger partial charge is 0.325 e. The molecule has 5 heteroatoms. The lowest BCUT2D eigenvalue weighted by Gasteiger charge is -2.29. The molecule has 1 unspecified atom stereocenters. The molecular weight excluding hydrogens is 236 g/mol. The van der Waals surface area contributed by atoms with Gasteiger partial charge in [0.1, 0.15) is 18.2 Å². The third-order valence-corrected chi connectivity index (χ3v) is 4.01. The molecule has 0 aliphatic carbocycles. The molecule has 1 heterocycles. The molecule has 0 radical (unpaired) electrons. The summed E-state index contributed by atoms with van der Waals surface area (Å²) in [7, 11) is 0. The summed E-state index contributed by atoms with van der Waals surface area (Å²) in [5, 5.41) is 0. The van der Waals surface area contributed by atoms with Gasteiger partial charge in [0.15, 0.2) is 6.54 Å². The molecule has 1 aromatic carbocycles. The van der Waals surface area contributed by atoms with Crippen molar-refractivity contribution >= 4 is 23.6 Å². The van der Waals surface area contributed by atoms with Crippen LogP contribution in [0.3, 0.4) is 0 Å². The van der Waals surface area contributed by atoms with Crippen molar-refractivity contribution in [3.63, 3.8) is 0 Å². The molecule has 0 spiro atoms. The molecule has 17 heavy (non-hydrogen) atoms. The topological polar surface area (TPSA) is 60.2 Å². The number of hydrogen-bond acceptors (Lipinski definition) is 3. The van der Waals surface area contributed by atoms with E-state index in [-0.39, 0.29) is 16.9 Å². The van der Waals surface area contributed by atoms with E-state index in [4.69, 9.17) is 5.73 Å². The third kappa shape index (κ3) is 2.68. The molecule has 2 N–H and O–H groups in total. The molecule has 1 fully saturated rings. The van der Waals surface area contributed by atoms with Gasteiger partial charge in [-0.15, -0.1) is 0 Å². The monoisotopic (exact) mass is 251 g/mol. The van der Waals surface area contributed by atoms with E-state index < -0.39 is 5.91 Å². The van der Waals surface area contributed by atoms with E-state index in [9.17, 15) is 9.59 Å². The van der Waals surface area contributed by atoms with Crippen LogP contribution in [0.25, 0.3) is 0 Å². The fourth-order valence-electron chi connectivity index (χ4n) is 2.07. The number of primary amides is 1. The summed E-state index contributed by atoms with van der Waals surface area (Å²) in [5.41, 5.74) is 6.32. The summed E-state index contributed by atoms with van der Waals surface area (Å²) in [6.45, 7) is 0.649. The van der Waals surface area contributed by atoms with Crippen molar-refractivity contribution < 1.29 is 14.1 Å². The Kier molecular flexibility index (Phi) is 3.49. The molecular formula is C12H15N2O2S+. The number of benzene rings is 1. The van der Waals surface area contributed by atoms with E-state index in [1.54, 1.807) is 11.8 Å². The van der Waals surface area contributed by atoms with Gasteiger partial charge >= 0.3 is 5.91 Å². The zero-order valence-electron chi connectivity index (χ0n) is 9.46. The van der Waals surface area contributed by atoms with Crippen molar-refractivity contribution in [1.29, 1.82) is 0 Å². The Morgan fingerprint density at radius 1 is 1.35 bits per heavy atom. The van der Waals surface area contributed by atoms with Crippen LogP contribution in [0.5, 0.6) is 0 Å². The van der Waals surface area contributed by atoms with Gasteiger partial charge in [-0.1, -0.05) is 42.1 Å². The SMILES string of the molecule is NC(=O)C[N+]1(Cc2ccccc2)CSCC1=O. The van der Waals surface area contributed by atoms with Crippen LogP contribution in [0.15, 0.2) is 30.3 Å². The summed E-state index contributed by atoms with van der Waals surface area (Å²) >= 11 is 1.57. The molecule has 2 rings (SSSR count). The number of nitrogens with two attached hydrogens (primary N) is 1. The van der Waals surface area contributed by atoms with Crippen molar-refractivity contribution in [2.75, 3.05) is 18.2 Å². The molecule has 1 aliphatic rings. The maximum Gasteiger partial charge on any atom is 0.325 e. The number of nitrogens with zero attached hydrogens (tertiary/aromatic N) is 1. The van der Waals surface area contributed by atoms with Gasteiger partial charge in [0.05, 0.1) is 0 Å². The maximum absolute atomic E-state index is 12.0. The van der Waals surface area contributed by atoms with Crippen LogP contribution in [-0.2, 0) is 16.1 Å². The summed E-state index contributed by atoms with van der Waals surface area (Å²) in [6.07, 6.45) is 0. The van der Waals surface area contributed by atoms with E-state index in [0.29, 0.717) is 18.2 Å². The van der Waals surface area contributed by atoms with Crippen LogP contribution in [0, 0.1) is 0 Å². The van der Waals surface area contributed by atoms with Crippen LogP contribution in [0.4, 0.5) is 0 Å². The molecule has 1 saturated heterocycles. The van der Waals surface area contributed by atoms with E-state index in [1.165, 1.54) is 0 Å². The summed E-state index contributed by atoms with van der Waals surface area (Å²) in [5.74, 6) is 0.783. The Morgan fingerprint density at radius 3 is 2.59 bits per heavy atom. The first kappa shape index (κ1) is 12.1. The van der Waals surface area contributed by atoms with Gasteiger partial charge in [-0.3, -0.25) is 4.79 Å². The van der Waals surface area contributed by atoms with Gasteiger partial charge < -0.3 is 5.73 Å². The molecule has 4 nitrogen and oxygen atoms in total. The van der Waals surface area contributed by atoms with Crippen molar-refractivity contribution in [3.8, 4) is 0 Å².